The first-order chi connectivity index (χ1) is 41.5. The van der Waals surface area contributed by atoms with Crippen molar-refractivity contribution in [3.05, 3.63) is 108 Å². The second kappa shape index (κ2) is 38.9. The summed E-state index contributed by atoms with van der Waals surface area (Å²) in [5.74, 6) is -3.87. The van der Waals surface area contributed by atoms with Crippen molar-refractivity contribution in [2.75, 3.05) is 13.7 Å². The van der Waals surface area contributed by atoms with E-state index in [-0.39, 0.29) is 29.5 Å². The van der Waals surface area contributed by atoms with Crippen LogP contribution < -0.4 is 5.32 Å². The molecule has 1 saturated carbocycles. The zero-order chi connectivity index (χ0) is 62.1. The van der Waals surface area contributed by atoms with Crippen LogP contribution in [-0.4, -0.2) is 104 Å². The lowest BCUT2D eigenvalue weighted by molar-refractivity contribution is -0.294. The summed E-state index contributed by atoms with van der Waals surface area (Å²) in [6.45, 7) is 10.3. The molecule has 1 aliphatic heterocycles. The SMILES string of the molecule is CCCCCCCCCCCC[C@@H](OC(=O)C(C)(C)C)C(=O)N[C@@H](CO[C@H]1O[C@H](C(=O)OC)[C@@H](OC(=O)c2ccccc2)[C@H](OC(=O)c2ccccc2)[C@H]1OC(=O)c1ccccc1)[C@@H](CCCCCCCCCC1CC1CCCCCC)OC(C)=O. The van der Waals surface area contributed by atoms with Crippen molar-refractivity contribution >= 4 is 41.7 Å². The molecule has 16 heteroatoms. The molecule has 0 aromatic heterocycles. The van der Waals surface area contributed by atoms with E-state index in [1.807, 2.05) is 0 Å². The van der Waals surface area contributed by atoms with Crippen LogP contribution in [0.5, 0.6) is 0 Å². The quantitative estimate of drug-likeness (QED) is 0.0319. The molecule has 1 saturated heterocycles. The number of amides is 1. The highest BCUT2D eigenvalue weighted by atomic mass is 16.7. The fourth-order valence-electron chi connectivity index (χ4n) is 11.1. The van der Waals surface area contributed by atoms with E-state index in [0.717, 1.165) is 70.3 Å². The molecule has 476 valence electrons. The van der Waals surface area contributed by atoms with E-state index in [4.69, 9.17) is 37.9 Å². The van der Waals surface area contributed by atoms with Gasteiger partial charge in [0.25, 0.3) is 5.91 Å². The molecule has 1 aliphatic carbocycles. The lowest BCUT2D eigenvalue weighted by Gasteiger charge is -2.44. The molecule has 86 heavy (non-hydrogen) atoms. The fourth-order valence-corrected chi connectivity index (χ4v) is 11.1. The molecule has 0 spiro atoms. The number of nitrogens with one attached hydrogen (secondary N) is 1. The first kappa shape index (κ1) is 70.6. The number of rotatable bonds is 41. The van der Waals surface area contributed by atoms with Crippen LogP contribution in [0, 0.1) is 17.3 Å². The molecule has 3 aromatic rings. The van der Waals surface area contributed by atoms with E-state index in [2.05, 4.69) is 19.2 Å². The Kier molecular flexibility index (Phi) is 32.0. The van der Waals surface area contributed by atoms with Gasteiger partial charge in [0.1, 0.15) is 6.10 Å². The van der Waals surface area contributed by atoms with Gasteiger partial charge in [-0.3, -0.25) is 14.4 Å². The van der Waals surface area contributed by atoms with Gasteiger partial charge in [-0.1, -0.05) is 203 Å². The van der Waals surface area contributed by atoms with Gasteiger partial charge in [-0.15, -0.1) is 0 Å². The summed E-state index contributed by atoms with van der Waals surface area (Å²) in [5.41, 5.74) is -0.693. The van der Waals surface area contributed by atoms with Gasteiger partial charge in [0.05, 0.1) is 41.9 Å². The number of esters is 6. The zero-order valence-corrected chi connectivity index (χ0v) is 52.6. The molecule has 3 aromatic carbocycles. The van der Waals surface area contributed by atoms with Crippen LogP contribution in [0.25, 0.3) is 0 Å². The van der Waals surface area contributed by atoms with Gasteiger partial charge in [0.2, 0.25) is 0 Å². The Labute approximate surface area is 512 Å². The predicted molar refractivity (Wildman–Crippen MR) is 329 cm³/mol. The van der Waals surface area contributed by atoms with Crippen molar-refractivity contribution in [2.24, 2.45) is 17.3 Å². The number of hydrogen-bond acceptors (Lipinski definition) is 15. The zero-order valence-electron chi connectivity index (χ0n) is 52.6. The minimum atomic E-state index is -1.86. The van der Waals surface area contributed by atoms with Gasteiger partial charge in [-0.05, 0) is 101 Å². The van der Waals surface area contributed by atoms with Gasteiger partial charge >= 0.3 is 35.8 Å². The maximum Gasteiger partial charge on any atom is 0.339 e. The monoisotopic (exact) mass is 1200 g/mol. The Balaban J connectivity index is 1.44. The van der Waals surface area contributed by atoms with Crippen LogP contribution in [0.3, 0.4) is 0 Å². The average Bonchev–Trinajstić information content (AvgIpc) is 1.57. The van der Waals surface area contributed by atoms with E-state index >= 15 is 0 Å². The summed E-state index contributed by atoms with van der Waals surface area (Å²) in [5, 5.41) is 3.03. The molecule has 2 fully saturated rings. The second-order valence-electron chi connectivity index (χ2n) is 24.5. The summed E-state index contributed by atoms with van der Waals surface area (Å²) in [4.78, 5) is 98.0. The third kappa shape index (κ3) is 25.3. The molecule has 2 unspecified atom stereocenters. The minimum Gasteiger partial charge on any atom is -0.467 e. The standard InChI is InChI=1S/C70H101NO15/c1-8-10-12-14-15-16-17-20-24-37-47-58(82-69(78)70(4,5)6)63(73)71-56(57(81-50(3)72)46-36-23-21-18-19-22-29-45-55-48-54(55)44-28-13-11-9-2)49-80-68-62(85-66(76)53-42-34-27-35-43-53)60(84-65(75)52-40-32-26-33-41-52)59(61(86-68)67(77)79-7)83-64(74)51-38-30-25-31-39-51/h25-27,30-35,38-43,54-62,68H,8-24,28-29,36-37,44-49H2,1-7H3,(H,71,73)/t54?,55?,56-,57+,58+,59-,60-,61-,62+,68-/m0/s1. The summed E-state index contributed by atoms with van der Waals surface area (Å²) in [6.07, 6.45) is 16.1. The number of ether oxygens (including phenoxy) is 8. The van der Waals surface area contributed by atoms with E-state index < -0.39 is 103 Å². The summed E-state index contributed by atoms with van der Waals surface area (Å²) in [6, 6.07) is 22.6. The van der Waals surface area contributed by atoms with Crippen LogP contribution in [0.1, 0.15) is 240 Å². The fraction of sp³-hybridized carbons (Fsp3) is 0.643. The highest BCUT2D eigenvalue weighted by molar-refractivity contribution is 5.92. The number of benzene rings is 3. The normalized spacial score (nSPS) is 20.1. The van der Waals surface area contributed by atoms with Crippen LogP contribution in [0.2, 0.25) is 0 Å². The number of unbranched alkanes of at least 4 members (excludes halogenated alkanes) is 18. The maximum absolute atomic E-state index is 14.9. The van der Waals surface area contributed by atoms with Gasteiger partial charge < -0.3 is 43.2 Å². The molecule has 1 N–H and O–H groups in total. The van der Waals surface area contributed by atoms with Gasteiger partial charge in [-0.2, -0.15) is 0 Å². The topological polar surface area (TPSA) is 205 Å². The van der Waals surface area contributed by atoms with E-state index in [1.54, 1.807) is 75.4 Å². The van der Waals surface area contributed by atoms with Gasteiger partial charge in [0, 0.05) is 6.92 Å². The molecule has 2 aliphatic rings. The number of methoxy groups -OCH3 is 1. The van der Waals surface area contributed by atoms with Crippen molar-refractivity contribution in [1.82, 2.24) is 5.32 Å². The van der Waals surface area contributed by atoms with Crippen LogP contribution in [-0.2, 0) is 57.1 Å². The Morgan fingerprint density at radius 1 is 0.535 bits per heavy atom. The molecule has 1 amide bonds. The van der Waals surface area contributed by atoms with Crippen molar-refractivity contribution in [3.8, 4) is 0 Å². The lowest BCUT2D eigenvalue weighted by atomic mass is 9.97. The number of carbonyl (C=O) groups excluding carboxylic acids is 7. The largest absolute Gasteiger partial charge is 0.467 e. The van der Waals surface area contributed by atoms with Crippen molar-refractivity contribution in [3.63, 3.8) is 0 Å². The molecule has 10 atom stereocenters. The molecule has 16 nitrogen and oxygen atoms in total. The molecule has 0 bridgehead atoms. The Morgan fingerprint density at radius 2 is 0.953 bits per heavy atom. The molecule has 1 heterocycles. The molecular formula is C70H101NO15. The number of carbonyl (C=O) groups is 7. The maximum atomic E-state index is 14.9. The molecule has 0 radical (unpaired) electrons. The third-order valence-electron chi connectivity index (χ3n) is 16.3. The van der Waals surface area contributed by atoms with E-state index in [1.165, 1.54) is 133 Å². The highest BCUT2D eigenvalue weighted by Gasteiger charge is 2.56. The lowest BCUT2D eigenvalue weighted by Crippen LogP contribution is -2.64. The van der Waals surface area contributed by atoms with Crippen LogP contribution >= 0.6 is 0 Å². The van der Waals surface area contributed by atoms with E-state index in [9.17, 15) is 33.6 Å². The van der Waals surface area contributed by atoms with Gasteiger partial charge in [0.15, 0.2) is 36.8 Å². The van der Waals surface area contributed by atoms with Gasteiger partial charge in [-0.25, -0.2) is 19.2 Å². The molecule has 5 rings (SSSR count). The Hall–Kier alpha value is -6.13. The summed E-state index contributed by atoms with van der Waals surface area (Å²) < 4.78 is 48.7. The smallest absolute Gasteiger partial charge is 0.339 e. The van der Waals surface area contributed by atoms with E-state index in [0.29, 0.717) is 12.8 Å². The first-order valence-electron chi connectivity index (χ1n) is 32.4. The Bertz CT molecular complexity index is 2470. The predicted octanol–water partition coefficient (Wildman–Crippen LogP) is 14.4. The Morgan fingerprint density at radius 3 is 1.41 bits per heavy atom. The van der Waals surface area contributed by atoms with Crippen LogP contribution in [0.15, 0.2) is 91.0 Å². The van der Waals surface area contributed by atoms with Crippen molar-refractivity contribution in [1.29, 1.82) is 0 Å². The molecular weight excluding hydrogens is 1090 g/mol. The van der Waals surface area contributed by atoms with Crippen molar-refractivity contribution in [2.45, 2.75) is 257 Å². The summed E-state index contributed by atoms with van der Waals surface area (Å²) in [7, 11) is 1.10. The first-order valence-corrected chi connectivity index (χ1v) is 32.4. The average molecular weight is 1200 g/mol. The summed E-state index contributed by atoms with van der Waals surface area (Å²) >= 11 is 0. The number of hydrogen-bond donors (Lipinski definition) is 1. The third-order valence-corrected chi connectivity index (χ3v) is 16.3. The van der Waals surface area contributed by atoms with Crippen LogP contribution in [0.4, 0.5) is 0 Å². The van der Waals surface area contributed by atoms with Crippen molar-refractivity contribution < 1.29 is 71.5 Å². The minimum absolute atomic E-state index is 0.0777. The highest BCUT2D eigenvalue weighted by Crippen LogP contribution is 2.46. The second-order valence-corrected chi connectivity index (χ2v) is 24.5.